The molecule has 0 aliphatic carbocycles. The van der Waals surface area contributed by atoms with Crippen molar-refractivity contribution in [2.75, 3.05) is 25.2 Å². The molecule has 0 radical (unpaired) electrons. The van der Waals surface area contributed by atoms with Crippen LogP contribution in [-0.4, -0.2) is 29.7 Å². The summed E-state index contributed by atoms with van der Waals surface area (Å²) in [7, 11) is 1.64. The van der Waals surface area contributed by atoms with Crippen LogP contribution in [0.4, 0.5) is 5.13 Å². The van der Waals surface area contributed by atoms with Gasteiger partial charge in [0.2, 0.25) is 5.13 Å². The Kier molecular flexibility index (Phi) is 4.66. The van der Waals surface area contributed by atoms with Gasteiger partial charge < -0.3 is 15.2 Å². The molecule has 0 amide bonds. The van der Waals surface area contributed by atoms with Gasteiger partial charge in [0.1, 0.15) is 11.5 Å². The minimum atomic E-state index is 0.494. The van der Waals surface area contributed by atoms with Crippen molar-refractivity contribution in [1.82, 2.24) is 10.2 Å². The Labute approximate surface area is 113 Å². The summed E-state index contributed by atoms with van der Waals surface area (Å²) in [4.78, 5) is 0. The first-order chi connectivity index (χ1) is 8.78. The van der Waals surface area contributed by atoms with Gasteiger partial charge in [-0.15, -0.1) is 10.2 Å². The Balaban J connectivity index is 1.71. The van der Waals surface area contributed by atoms with Crippen LogP contribution < -0.4 is 15.2 Å². The summed E-state index contributed by atoms with van der Waals surface area (Å²) in [5.41, 5.74) is 5.49. The molecule has 1 aromatic carbocycles. The monoisotopic (exact) mass is 283 g/mol. The number of hydrogen-bond acceptors (Lipinski definition) is 7. The molecule has 1 aromatic heterocycles. The summed E-state index contributed by atoms with van der Waals surface area (Å²) in [6.45, 7) is 0.608. The van der Waals surface area contributed by atoms with E-state index in [1.54, 1.807) is 18.9 Å². The molecule has 0 bridgehead atoms. The highest BCUT2D eigenvalue weighted by atomic mass is 32.2. The lowest BCUT2D eigenvalue weighted by Crippen LogP contribution is -1.99. The average molecular weight is 283 g/mol. The molecule has 0 unspecified atom stereocenters. The smallest absolute Gasteiger partial charge is 0.203 e. The fourth-order valence-electron chi connectivity index (χ4n) is 1.24. The number of anilines is 1. The number of nitrogens with two attached hydrogens (primary N) is 1. The summed E-state index contributed by atoms with van der Waals surface area (Å²) in [6, 6.07) is 7.50. The predicted molar refractivity (Wildman–Crippen MR) is 73.5 cm³/mol. The van der Waals surface area contributed by atoms with E-state index in [0.717, 1.165) is 21.6 Å². The molecule has 0 atom stereocenters. The second-order valence-electron chi connectivity index (χ2n) is 3.28. The van der Waals surface area contributed by atoms with Gasteiger partial charge in [0.15, 0.2) is 4.34 Å². The molecule has 2 rings (SSSR count). The molecule has 96 valence electrons. The highest BCUT2D eigenvalue weighted by molar-refractivity contribution is 8.01. The summed E-state index contributed by atoms with van der Waals surface area (Å²) >= 11 is 2.97. The van der Waals surface area contributed by atoms with E-state index in [1.807, 2.05) is 24.3 Å². The first-order valence-electron chi connectivity index (χ1n) is 5.26. The van der Waals surface area contributed by atoms with Crippen LogP contribution >= 0.6 is 23.1 Å². The SMILES string of the molecule is COc1ccc(OCCSc2nnc(N)s2)cc1. The molecule has 0 spiro atoms. The van der Waals surface area contributed by atoms with Crippen molar-refractivity contribution < 1.29 is 9.47 Å². The van der Waals surface area contributed by atoms with Crippen LogP contribution in [0.1, 0.15) is 0 Å². The number of methoxy groups -OCH3 is 1. The number of hydrogen-bond donors (Lipinski definition) is 1. The Morgan fingerprint density at radius 3 is 2.56 bits per heavy atom. The summed E-state index contributed by atoms with van der Waals surface area (Å²) in [5, 5.41) is 8.15. The van der Waals surface area contributed by atoms with E-state index in [1.165, 1.54) is 11.3 Å². The van der Waals surface area contributed by atoms with Gasteiger partial charge in [0.25, 0.3) is 0 Å². The van der Waals surface area contributed by atoms with Crippen LogP contribution in [0.15, 0.2) is 28.6 Å². The van der Waals surface area contributed by atoms with Crippen LogP contribution in [0, 0.1) is 0 Å². The van der Waals surface area contributed by atoms with E-state index in [-0.39, 0.29) is 0 Å². The van der Waals surface area contributed by atoms with Crippen LogP contribution in [0.2, 0.25) is 0 Å². The van der Waals surface area contributed by atoms with Crippen molar-refractivity contribution >= 4 is 28.2 Å². The maximum Gasteiger partial charge on any atom is 0.203 e. The Morgan fingerprint density at radius 2 is 1.94 bits per heavy atom. The van der Waals surface area contributed by atoms with E-state index in [0.29, 0.717) is 11.7 Å². The van der Waals surface area contributed by atoms with E-state index in [9.17, 15) is 0 Å². The number of nitrogen functional groups attached to an aromatic ring is 1. The average Bonchev–Trinajstić information content (AvgIpc) is 2.81. The van der Waals surface area contributed by atoms with Gasteiger partial charge in [-0.25, -0.2) is 0 Å². The number of thioether (sulfide) groups is 1. The highest BCUT2D eigenvalue weighted by Gasteiger charge is 2.01. The number of aromatic nitrogens is 2. The summed E-state index contributed by atoms with van der Waals surface area (Å²) < 4.78 is 11.5. The Hall–Kier alpha value is -1.47. The molecule has 2 N–H and O–H groups in total. The lowest BCUT2D eigenvalue weighted by Gasteiger charge is -2.05. The minimum absolute atomic E-state index is 0.494. The molecule has 18 heavy (non-hydrogen) atoms. The zero-order valence-corrected chi connectivity index (χ0v) is 11.5. The van der Waals surface area contributed by atoms with Crippen LogP contribution in [0.5, 0.6) is 11.5 Å². The van der Waals surface area contributed by atoms with Gasteiger partial charge in [0.05, 0.1) is 13.7 Å². The van der Waals surface area contributed by atoms with Gasteiger partial charge in [-0.05, 0) is 24.3 Å². The number of benzene rings is 1. The Morgan fingerprint density at radius 1 is 1.22 bits per heavy atom. The highest BCUT2D eigenvalue weighted by Crippen LogP contribution is 2.23. The van der Waals surface area contributed by atoms with Crippen LogP contribution in [-0.2, 0) is 0 Å². The standard InChI is InChI=1S/C11H13N3O2S2/c1-15-8-2-4-9(5-3-8)16-6-7-17-11-14-13-10(12)18-11/h2-5H,6-7H2,1H3,(H2,12,13). The lowest BCUT2D eigenvalue weighted by atomic mass is 10.3. The van der Waals surface area contributed by atoms with E-state index < -0.39 is 0 Å². The minimum Gasteiger partial charge on any atom is -0.497 e. The quantitative estimate of drug-likeness (QED) is 0.648. The summed E-state index contributed by atoms with van der Waals surface area (Å²) in [5.74, 6) is 2.45. The Bertz CT molecular complexity index is 487. The number of ether oxygens (including phenoxy) is 2. The number of rotatable bonds is 6. The van der Waals surface area contributed by atoms with Gasteiger partial charge >= 0.3 is 0 Å². The second-order valence-corrected chi connectivity index (χ2v) is 5.63. The molecule has 2 aromatic rings. The van der Waals surface area contributed by atoms with Crippen molar-refractivity contribution in [1.29, 1.82) is 0 Å². The topological polar surface area (TPSA) is 70.3 Å². The molecular formula is C11H13N3O2S2. The molecule has 0 saturated heterocycles. The first kappa shape index (κ1) is 13.0. The molecule has 0 aliphatic rings. The molecule has 0 aliphatic heterocycles. The van der Waals surface area contributed by atoms with E-state index >= 15 is 0 Å². The van der Waals surface area contributed by atoms with Crippen molar-refractivity contribution in [3.63, 3.8) is 0 Å². The molecule has 0 fully saturated rings. The normalized spacial score (nSPS) is 10.3. The maximum absolute atomic E-state index is 5.58. The van der Waals surface area contributed by atoms with Gasteiger partial charge in [0, 0.05) is 5.75 Å². The fraction of sp³-hybridized carbons (Fsp3) is 0.273. The molecule has 1 heterocycles. The lowest BCUT2D eigenvalue weighted by molar-refractivity contribution is 0.342. The van der Waals surface area contributed by atoms with Gasteiger partial charge in [-0.2, -0.15) is 0 Å². The largest absolute Gasteiger partial charge is 0.497 e. The van der Waals surface area contributed by atoms with Crippen molar-refractivity contribution in [3.05, 3.63) is 24.3 Å². The fourth-order valence-corrected chi connectivity index (χ4v) is 2.76. The van der Waals surface area contributed by atoms with Crippen LogP contribution in [0.3, 0.4) is 0 Å². The zero-order valence-electron chi connectivity index (χ0n) is 9.83. The third kappa shape index (κ3) is 3.78. The molecule has 7 heteroatoms. The predicted octanol–water partition coefficient (Wildman–Crippen LogP) is 2.30. The molecular weight excluding hydrogens is 270 g/mol. The maximum atomic E-state index is 5.58. The van der Waals surface area contributed by atoms with Gasteiger partial charge in [-0.3, -0.25) is 0 Å². The van der Waals surface area contributed by atoms with E-state index in [4.69, 9.17) is 15.2 Å². The third-order valence-corrected chi connectivity index (χ3v) is 3.91. The molecule has 0 saturated carbocycles. The second kappa shape index (κ2) is 6.46. The van der Waals surface area contributed by atoms with Gasteiger partial charge in [-0.1, -0.05) is 23.1 Å². The van der Waals surface area contributed by atoms with Crippen molar-refractivity contribution in [2.45, 2.75) is 4.34 Å². The first-order valence-corrected chi connectivity index (χ1v) is 7.07. The third-order valence-electron chi connectivity index (χ3n) is 2.06. The van der Waals surface area contributed by atoms with Crippen molar-refractivity contribution in [2.24, 2.45) is 0 Å². The summed E-state index contributed by atoms with van der Waals surface area (Å²) in [6.07, 6.45) is 0. The van der Waals surface area contributed by atoms with Crippen molar-refractivity contribution in [3.8, 4) is 11.5 Å². The molecule has 5 nitrogen and oxygen atoms in total. The van der Waals surface area contributed by atoms with Crippen LogP contribution in [0.25, 0.3) is 0 Å². The van der Waals surface area contributed by atoms with E-state index in [2.05, 4.69) is 10.2 Å². The number of nitrogens with zero attached hydrogens (tertiary/aromatic N) is 2. The zero-order chi connectivity index (χ0) is 12.8.